The first-order chi connectivity index (χ1) is 30.9. The zero-order chi connectivity index (χ0) is 45.4. The van der Waals surface area contributed by atoms with Crippen molar-refractivity contribution in [2.24, 2.45) is 0 Å². The summed E-state index contributed by atoms with van der Waals surface area (Å²) in [6.07, 6.45) is 0.925. The number of carbonyl (C=O) groups is 2. The molecule has 2 fully saturated rings. The number of nitrogens with one attached hydrogen (secondary N) is 4. The summed E-state index contributed by atoms with van der Waals surface area (Å²) in [5.41, 5.74) is 5.36. The third-order valence-electron chi connectivity index (χ3n) is 12.0. The maximum absolute atomic E-state index is 11.8. The van der Waals surface area contributed by atoms with Gasteiger partial charge in [-0.3, -0.25) is 0 Å². The van der Waals surface area contributed by atoms with Crippen LogP contribution in [0.1, 0.15) is 76.9 Å². The minimum absolute atomic E-state index is 0.0127. The molecule has 344 valence electrons. The summed E-state index contributed by atoms with van der Waals surface area (Å²) in [5, 5.41) is 30.3. The van der Waals surface area contributed by atoms with Gasteiger partial charge in [-0.2, -0.15) is 0 Å². The third-order valence-corrected chi connectivity index (χ3v) is 12.0. The summed E-state index contributed by atoms with van der Waals surface area (Å²) in [5.74, 6) is 2.92. The predicted octanol–water partition coefficient (Wildman–Crippen LogP) is 5.28. The van der Waals surface area contributed by atoms with Crippen molar-refractivity contribution in [2.45, 2.75) is 90.9 Å². The molecule has 6 N–H and O–H groups in total. The molecular weight excluding hydrogens is 821 g/mol. The zero-order valence-corrected chi connectivity index (χ0v) is 37.7. The lowest BCUT2D eigenvalue weighted by Crippen LogP contribution is -2.44. The number of ether oxygens (including phenoxy) is 4. The first kappa shape index (κ1) is 46.5. The molecule has 0 spiro atoms. The van der Waals surface area contributed by atoms with Gasteiger partial charge in [0.2, 0.25) is 0 Å². The number of benzene rings is 2. The lowest BCUT2D eigenvalue weighted by Gasteiger charge is -2.35. The normalized spacial score (nSPS) is 22.5. The van der Waals surface area contributed by atoms with E-state index in [-0.39, 0.29) is 37.4 Å². The number of hydrogen-bond acceptors (Lipinski definition) is 14. The maximum atomic E-state index is 11.8. The van der Waals surface area contributed by atoms with Crippen LogP contribution in [-0.2, 0) is 43.4 Å². The summed E-state index contributed by atoms with van der Waals surface area (Å²) in [4.78, 5) is 47.8. The summed E-state index contributed by atoms with van der Waals surface area (Å²) >= 11 is 0. The Morgan fingerprint density at radius 3 is 1.39 bits per heavy atom. The Labute approximate surface area is 374 Å². The summed E-state index contributed by atoms with van der Waals surface area (Å²) in [6, 6.07) is 14.8. The highest BCUT2D eigenvalue weighted by Gasteiger charge is 2.42. The van der Waals surface area contributed by atoms with Gasteiger partial charge in [0.15, 0.2) is 11.6 Å². The number of rotatable bonds is 12. The number of carbonyl (C=O) groups excluding carboxylic acids is 2. The second-order valence-corrected chi connectivity index (χ2v) is 16.7. The largest absolute Gasteiger partial charge is 0.396 e. The standard InChI is InChI=1S/2C23H31N5O4/c2*1-4-24-22(30)25-17-7-5-16(6-8-17)20-26-19-18(14-32-23(19,3)9-11-29)21(27-20)28-10-12-31-13-15(28)2/h2*5-8,15,29H,4,9-14H2,1-3H3,(H2,24,25,30)/t15-,23+;15-,23-/m00/s1. The second-order valence-electron chi connectivity index (χ2n) is 16.7. The van der Waals surface area contributed by atoms with Crippen molar-refractivity contribution in [3.8, 4) is 22.8 Å². The van der Waals surface area contributed by atoms with Crippen molar-refractivity contribution >= 4 is 35.1 Å². The fourth-order valence-corrected chi connectivity index (χ4v) is 8.39. The number of nitrogens with zero attached hydrogens (tertiary/aromatic N) is 6. The van der Waals surface area contributed by atoms with Gasteiger partial charge in [0.1, 0.15) is 22.8 Å². The molecule has 0 saturated carbocycles. The van der Waals surface area contributed by atoms with Gasteiger partial charge in [0.05, 0.1) is 63.1 Å². The number of morpholine rings is 2. The van der Waals surface area contributed by atoms with Crippen molar-refractivity contribution in [2.75, 3.05) is 86.3 Å². The molecule has 0 aliphatic carbocycles. The Hall–Kier alpha value is -5.50. The highest BCUT2D eigenvalue weighted by atomic mass is 16.5. The highest BCUT2D eigenvalue weighted by Crippen LogP contribution is 2.44. The fourth-order valence-electron chi connectivity index (χ4n) is 8.39. The third kappa shape index (κ3) is 10.2. The molecule has 6 heterocycles. The van der Waals surface area contributed by atoms with Crippen molar-refractivity contribution in [3.63, 3.8) is 0 Å². The molecule has 0 unspecified atom stereocenters. The van der Waals surface area contributed by atoms with Gasteiger partial charge in [0.25, 0.3) is 0 Å². The molecule has 2 aromatic heterocycles. The van der Waals surface area contributed by atoms with Gasteiger partial charge in [-0.1, -0.05) is 0 Å². The van der Waals surface area contributed by atoms with E-state index in [1.165, 1.54) is 0 Å². The average Bonchev–Trinajstić information content (AvgIpc) is 3.80. The van der Waals surface area contributed by atoms with E-state index in [9.17, 15) is 19.8 Å². The van der Waals surface area contributed by atoms with Crippen LogP contribution in [0.5, 0.6) is 0 Å². The molecule has 4 aromatic rings. The van der Waals surface area contributed by atoms with Crippen molar-refractivity contribution in [1.82, 2.24) is 30.6 Å². The molecule has 0 radical (unpaired) electrons. The zero-order valence-electron chi connectivity index (χ0n) is 37.7. The first-order valence-electron chi connectivity index (χ1n) is 22.2. The molecule has 64 heavy (non-hydrogen) atoms. The van der Waals surface area contributed by atoms with Crippen LogP contribution in [0.15, 0.2) is 48.5 Å². The Kier molecular flexibility index (Phi) is 14.9. The van der Waals surface area contributed by atoms with Gasteiger partial charge in [-0.15, -0.1) is 0 Å². The first-order valence-corrected chi connectivity index (χ1v) is 22.2. The van der Waals surface area contributed by atoms with Crippen LogP contribution in [0.4, 0.5) is 32.6 Å². The number of urea groups is 2. The topological polar surface area (TPSA) is 218 Å². The molecular formula is C46H62N10O8. The minimum atomic E-state index is -0.661. The number of fused-ring (bicyclic) bond motifs is 2. The molecule has 4 aliphatic heterocycles. The molecule has 8 rings (SSSR count). The minimum Gasteiger partial charge on any atom is -0.396 e. The van der Waals surface area contributed by atoms with E-state index in [2.05, 4.69) is 44.9 Å². The van der Waals surface area contributed by atoms with Crippen LogP contribution in [-0.4, -0.2) is 120 Å². The van der Waals surface area contributed by atoms with Crippen LogP contribution in [0.2, 0.25) is 0 Å². The van der Waals surface area contributed by atoms with E-state index in [0.717, 1.165) is 58.4 Å². The van der Waals surface area contributed by atoms with E-state index in [1.54, 1.807) is 0 Å². The van der Waals surface area contributed by atoms with Crippen LogP contribution in [0.3, 0.4) is 0 Å². The molecule has 18 heteroatoms. The highest BCUT2D eigenvalue weighted by molar-refractivity contribution is 5.90. The lowest BCUT2D eigenvalue weighted by atomic mass is 9.96. The molecule has 2 aromatic carbocycles. The van der Waals surface area contributed by atoms with E-state index < -0.39 is 11.2 Å². The number of aliphatic hydroxyl groups is 2. The number of anilines is 4. The fraction of sp³-hybridized carbons (Fsp3) is 0.522. The van der Waals surface area contributed by atoms with Gasteiger partial charge in [-0.05, 0) is 90.1 Å². The van der Waals surface area contributed by atoms with E-state index in [0.29, 0.717) is 88.6 Å². The molecule has 0 bridgehead atoms. The van der Waals surface area contributed by atoms with Gasteiger partial charge in [0, 0.05) is 85.9 Å². The number of amides is 4. The van der Waals surface area contributed by atoms with Gasteiger partial charge < -0.3 is 60.2 Å². The second kappa shape index (κ2) is 20.6. The van der Waals surface area contributed by atoms with Crippen LogP contribution in [0.25, 0.3) is 22.8 Å². The Morgan fingerprint density at radius 2 is 1.05 bits per heavy atom. The van der Waals surface area contributed by atoms with Crippen LogP contribution in [0, 0.1) is 0 Å². The maximum Gasteiger partial charge on any atom is 0.319 e. The van der Waals surface area contributed by atoms with Crippen LogP contribution >= 0.6 is 0 Å². The quantitative estimate of drug-likeness (QED) is 0.107. The number of aliphatic hydroxyl groups excluding tert-OH is 2. The van der Waals surface area contributed by atoms with E-state index in [4.69, 9.17) is 38.9 Å². The Bertz CT molecular complexity index is 2090. The van der Waals surface area contributed by atoms with E-state index >= 15 is 0 Å². The summed E-state index contributed by atoms with van der Waals surface area (Å²) in [7, 11) is 0. The predicted molar refractivity (Wildman–Crippen MR) is 243 cm³/mol. The molecule has 18 nitrogen and oxygen atoms in total. The summed E-state index contributed by atoms with van der Waals surface area (Å²) in [6.45, 7) is 18.0. The number of aromatic nitrogens is 4. The Morgan fingerprint density at radius 1 is 0.656 bits per heavy atom. The van der Waals surface area contributed by atoms with Gasteiger partial charge >= 0.3 is 12.1 Å². The van der Waals surface area contributed by atoms with Crippen molar-refractivity contribution in [1.29, 1.82) is 0 Å². The Balaban J connectivity index is 0.000000191. The number of hydrogen-bond donors (Lipinski definition) is 6. The molecule has 4 amide bonds. The van der Waals surface area contributed by atoms with Crippen molar-refractivity contribution in [3.05, 3.63) is 71.0 Å². The van der Waals surface area contributed by atoms with Crippen molar-refractivity contribution < 1.29 is 38.7 Å². The summed E-state index contributed by atoms with van der Waals surface area (Å²) < 4.78 is 23.5. The molecule has 4 aliphatic rings. The molecule has 4 atom stereocenters. The van der Waals surface area contributed by atoms with Gasteiger partial charge in [-0.25, -0.2) is 29.5 Å². The monoisotopic (exact) mass is 882 g/mol. The van der Waals surface area contributed by atoms with E-state index in [1.807, 2.05) is 76.2 Å². The smallest absolute Gasteiger partial charge is 0.319 e. The SMILES string of the molecule is CCNC(=O)Nc1ccc(-c2nc(N3CCOC[C@@H]3C)c3c(n2)[C@@](C)(CCO)OC3)cc1.CCNC(=O)Nc1ccc(-c2nc(N3CCOC[C@@H]3C)c3c(n2)[C@](C)(CCO)OC3)cc1. The van der Waals surface area contributed by atoms with Crippen LogP contribution < -0.4 is 31.1 Å². The average molecular weight is 883 g/mol. The molecule has 2 saturated heterocycles. The lowest BCUT2D eigenvalue weighted by molar-refractivity contribution is -0.0413.